The number of nitrogens with zero attached hydrogens (tertiary/aromatic N) is 1. The van der Waals surface area contributed by atoms with Crippen molar-refractivity contribution in [2.45, 2.75) is 38.2 Å². The Bertz CT molecular complexity index is 508. The van der Waals surface area contributed by atoms with Crippen LogP contribution in [0.1, 0.15) is 47.3 Å². The predicted molar refractivity (Wildman–Crippen MR) is 78.3 cm³/mol. The van der Waals surface area contributed by atoms with Gasteiger partial charge in [0.05, 0.1) is 21.7 Å². The largest absolute Gasteiger partial charge is 0.397 e. The molecule has 2 N–H and O–H groups in total. The van der Waals surface area contributed by atoms with Crippen molar-refractivity contribution in [3.8, 4) is 0 Å². The van der Waals surface area contributed by atoms with E-state index in [-0.39, 0.29) is 5.78 Å². The van der Waals surface area contributed by atoms with E-state index in [4.69, 9.17) is 10.5 Å². The van der Waals surface area contributed by atoms with E-state index in [1.165, 1.54) is 23.4 Å². The number of nitrogen functional groups attached to an aromatic ring is 1. The van der Waals surface area contributed by atoms with Crippen LogP contribution in [0, 0.1) is 0 Å². The highest BCUT2D eigenvalue weighted by molar-refractivity contribution is 7.18. The van der Waals surface area contributed by atoms with E-state index in [9.17, 15) is 4.79 Å². The zero-order valence-electron chi connectivity index (χ0n) is 11.4. The fourth-order valence-electron chi connectivity index (χ4n) is 2.81. The van der Waals surface area contributed by atoms with Crippen LogP contribution in [0.4, 0.5) is 10.7 Å². The van der Waals surface area contributed by atoms with Gasteiger partial charge in [0, 0.05) is 32.7 Å². The molecule has 1 aliphatic heterocycles. The maximum absolute atomic E-state index is 11.7. The van der Waals surface area contributed by atoms with Crippen molar-refractivity contribution in [2.24, 2.45) is 0 Å². The van der Waals surface area contributed by atoms with E-state index >= 15 is 0 Å². The van der Waals surface area contributed by atoms with Crippen LogP contribution in [-0.2, 0) is 4.74 Å². The molecule has 1 saturated heterocycles. The Morgan fingerprint density at radius 3 is 2.68 bits per heavy atom. The molecule has 1 atom stereocenters. The monoisotopic (exact) mass is 280 g/mol. The number of carbonyl (C=O) groups is 1. The Kier molecular flexibility index (Phi) is 3.27. The molecule has 1 unspecified atom stereocenters. The van der Waals surface area contributed by atoms with Crippen molar-refractivity contribution in [1.82, 2.24) is 0 Å². The number of anilines is 2. The third-order valence-corrected chi connectivity index (χ3v) is 5.42. The number of methoxy groups -OCH3 is 1. The maximum Gasteiger partial charge on any atom is 0.171 e. The molecule has 3 rings (SSSR count). The second kappa shape index (κ2) is 4.80. The highest BCUT2D eigenvalue weighted by atomic mass is 32.1. The van der Waals surface area contributed by atoms with Crippen molar-refractivity contribution < 1.29 is 9.53 Å². The molecule has 1 aliphatic carbocycles. The lowest BCUT2D eigenvalue weighted by molar-refractivity contribution is 0.102. The summed E-state index contributed by atoms with van der Waals surface area (Å²) in [6.07, 6.45) is 3.75. The van der Waals surface area contributed by atoms with Crippen LogP contribution >= 0.6 is 11.3 Å². The van der Waals surface area contributed by atoms with Gasteiger partial charge in [-0.2, -0.15) is 0 Å². The minimum absolute atomic E-state index is 0.0816. The molecule has 0 radical (unpaired) electrons. The molecule has 2 heterocycles. The van der Waals surface area contributed by atoms with Crippen LogP contribution in [0.15, 0.2) is 0 Å². The first-order valence-corrected chi connectivity index (χ1v) is 7.64. The van der Waals surface area contributed by atoms with Crippen LogP contribution < -0.4 is 10.6 Å². The quantitative estimate of drug-likeness (QED) is 0.861. The number of hydrogen-bond donors (Lipinski definition) is 1. The second-order valence-electron chi connectivity index (χ2n) is 5.49. The molecule has 1 aromatic rings. The van der Waals surface area contributed by atoms with Gasteiger partial charge in [-0.05, 0) is 25.2 Å². The molecule has 4 nitrogen and oxygen atoms in total. The van der Waals surface area contributed by atoms with Gasteiger partial charge < -0.3 is 15.4 Å². The Labute approximate surface area is 117 Å². The lowest BCUT2D eigenvalue weighted by Crippen LogP contribution is -2.22. The Hall–Kier alpha value is -1.07. The zero-order chi connectivity index (χ0) is 13.6. The van der Waals surface area contributed by atoms with Crippen molar-refractivity contribution in [1.29, 1.82) is 0 Å². The zero-order valence-corrected chi connectivity index (χ0v) is 12.3. The highest BCUT2D eigenvalue weighted by Crippen LogP contribution is 2.52. The molecular weight excluding hydrogens is 260 g/mol. The lowest BCUT2D eigenvalue weighted by atomic mass is 10.1. The van der Waals surface area contributed by atoms with Gasteiger partial charge in [-0.25, -0.2) is 0 Å². The van der Waals surface area contributed by atoms with Crippen LogP contribution in [0.5, 0.6) is 0 Å². The SMILES string of the molecule is COC1CCN(c2sc(C(C)=O)c(N)c2C2CC2)C1. The summed E-state index contributed by atoms with van der Waals surface area (Å²) in [6.45, 7) is 3.51. The maximum atomic E-state index is 11.7. The summed E-state index contributed by atoms with van der Waals surface area (Å²) >= 11 is 1.57. The molecule has 0 amide bonds. The molecule has 2 aliphatic rings. The third-order valence-electron chi connectivity index (χ3n) is 4.03. The number of rotatable bonds is 4. The van der Waals surface area contributed by atoms with E-state index in [1.807, 2.05) is 0 Å². The van der Waals surface area contributed by atoms with Gasteiger partial charge in [0.2, 0.25) is 0 Å². The van der Waals surface area contributed by atoms with Crippen molar-refractivity contribution in [3.63, 3.8) is 0 Å². The number of carbonyl (C=O) groups excluding carboxylic acids is 1. The number of thiophene rings is 1. The van der Waals surface area contributed by atoms with E-state index in [0.29, 0.717) is 12.0 Å². The molecule has 1 saturated carbocycles. The van der Waals surface area contributed by atoms with E-state index in [1.54, 1.807) is 25.4 Å². The second-order valence-corrected chi connectivity index (χ2v) is 6.49. The summed E-state index contributed by atoms with van der Waals surface area (Å²) in [5.74, 6) is 0.652. The smallest absolute Gasteiger partial charge is 0.171 e. The van der Waals surface area contributed by atoms with E-state index < -0.39 is 0 Å². The van der Waals surface area contributed by atoms with Crippen molar-refractivity contribution in [3.05, 3.63) is 10.4 Å². The number of hydrogen-bond acceptors (Lipinski definition) is 5. The molecule has 1 aromatic heterocycles. The Balaban J connectivity index is 1.96. The van der Waals surface area contributed by atoms with Crippen LogP contribution in [-0.4, -0.2) is 32.1 Å². The average molecular weight is 280 g/mol. The molecule has 0 bridgehead atoms. The van der Waals surface area contributed by atoms with Gasteiger partial charge in [0.25, 0.3) is 0 Å². The van der Waals surface area contributed by atoms with Crippen LogP contribution in [0.3, 0.4) is 0 Å². The van der Waals surface area contributed by atoms with Crippen molar-refractivity contribution >= 4 is 27.8 Å². The topological polar surface area (TPSA) is 55.6 Å². The molecular formula is C14H20N2O2S. The average Bonchev–Trinajstić information content (AvgIpc) is 2.99. The minimum Gasteiger partial charge on any atom is -0.397 e. The van der Waals surface area contributed by atoms with Gasteiger partial charge in [-0.1, -0.05) is 0 Å². The fourth-order valence-corrected chi connectivity index (χ4v) is 4.05. The summed E-state index contributed by atoms with van der Waals surface area (Å²) in [7, 11) is 1.76. The summed E-state index contributed by atoms with van der Waals surface area (Å²) in [5.41, 5.74) is 8.17. The molecule has 19 heavy (non-hydrogen) atoms. The number of ether oxygens (including phenoxy) is 1. The normalized spacial score (nSPS) is 23.1. The molecule has 104 valence electrons. The number of Topliss-reactive ketones (excluding diaryl/α,β-unsaturated/α-hetero) is 1. The summed E-state index contributed by atoms with van der Waals surface area (Å²) in [6, 6.07) is 0. The van der Waals surface area contributed by atoms with Gasteiger partial charge in [0.1, 0.15) is 0 Å². The standard InChI is InChI=1S/C14H20N2O2S/c1-8(17)13-12(15)11(9-3-4-9)14(19-13)16-6-5-10(7-16)18-2/h9-10H,3-7,15H2,1-2H3. The number of ketones is 1. The van der Waals surface area contributed by atoms with Gasteiger partial charge >= 0.3 is 0 Å². The third kappa shape index (κ3) is 2.25. The van der Waals surface area contributed by atoms with Crippen molar-refractivity contribution in [2.75, 3.05) is 30.8 Å². The van der Waals surface area contributed by atoms with Gasteiger partial charge in [0.15, 0.2) is 5.78 Å². The summed E-state index contributed by atoms with van der Waals surface area (Å²) in [5, 5.41) is 1.21. The first-order chi connectivity index (χ1) is 9.11. The Morgan fingerprint density at radius 2 is 2.16 bits per heavy atom. The lowest BCUT2D eigenvalue weighted by Gasteiger charge is -2.18. The van der Waals surface area contributed by atoms with Crippen LogP contribution in [0.2, 0.25) is 0 Å². The molecule has 2 fully saturated rings. The summed E-state index contributed by atoms with van der Waals surface area (Å²) < 4.78 is 5.43. The number of nitrogens with two attached hydrogens (primary N) is 1. The molecule has 0 aromatic carbocycles. The van der Waals surface area contributed by atoms with E-state index in [2.05, 4.69) is 4.90 Å². The first kappa shape index (κ1) is 12.9. The predicted octanol–water partition coefficient (Wildman–Crippen LogP) is 2.64. The van der Waals surface area contributed by atoms with Gasteiger partial charge in [-0.3, -0.25) is 4.79 Å². The molecule has 0 spiro atoms. The minimum atomic E-state index is 0.0816. The first-order valence-electron chi connectivity index (χ1n) is 6.82. The molecule has 5 heteroatoms. The Morgan fingerprint density at radius 1 is 1.42 bits per heavy atom. The highest BCUT2D eigenvalue weighted by Gasteiger charge is 2.35. The van der Waals surface area contributed by atoms with Crippen LogP contribution in [0.25, 0.3) is 0 Å². The summed E-state index contributed by atoms with van der Waals surface area (Å²) in [4.78, 5) is 14.8. The van der Waals surface area contributed by atoms with Gasteiger partial charge in [-0.15, -0.1) is 11.3 Å². The van der Waals surface area contributed by atoms with E-state index in [0.717, 1.165) is 30.1 Å². The fraction of sp³-hybridized carbons (Fsp3) is 0.643.